The minimum absolute atomic E-state index is 0. The molecule has 0 aliphatic rings. The number of nitrogens with one attached hydrogen (secondary N) is 1. The van der Waals surface area contributed by atoms with Crippen LogP contribution in [-0.2, 0) is 0 Å². The summed E-state index contributed by atoms with van der Waals surface area (Å²) in [5.74, 6) is -0.144. The standard InChI is InChI=1S/C12H10N2O.H2O/c15-12(10-5-4-8-13-9-10)14-11-6-2-1-3-7-11;/h1-9H,(H,14,15);1H2. The Kier molecular flexibility index (Phi) is 4.17. The van der Waals surface area contributed by atoms with Gasteiger partial charge in [-0.3, -0.25) is 9.78 Å². The van der Waals surface area contributed by atoms with Gasteiger partial charge in [-0.1, -0.05) is 18.2 Å². The van der Waals surface area contributed by atoms with E-state index in [0.29, 0.717) is 5.56 Å². The Bertz CT molecular complexity index is 443. The molecule has 0 saturated carbocycles. The van der Waals surface area contributed by atoms with Gasteiger partial charge in [-0.25, -0.2) is 0 Å². The maximum atomic E-state index is 11.7. The number of carbonyl (C=O) groups excluding carboxylic acids is 1. The van der Waals surface area contributed by atoms with Crippen molar-refractivity contribution in [1.29, 1.82) is 0 Å². The van der Waals surface area contributed by atoms with Crippen LogP contribution in [0.2, 0.25) is 0 Å². The first kappa shape index (κ1) is 11.9. The van der Waals surface area contributed by atoms with Crippen LogP contribution >= 0.6 is 0 Å². The summed E-state index contributed by atoms with van der Waals surface area (Å²) in [6, 6.07) is 12.8. The molecular weight excluding hydrogens is 204 g/mol. The summed E-state index contributed by atoms with van der Waals surface area (Å²) in [6.07, 6.45) is 3.18. The van der Waals surface area contributed by atoms with Crippen LogP contribution in [0.3, 0.4) is 0 Å². The Morgan fingerprint density at radius 3 is 2.44 bits per heavy atom. The summed E-state index contributed by atoms with van der Waals surface area (Å²) in [5, 5.41) is 2.78. The predicted molar refractivity (Wildman–Crippen MR) is 62.2 cm³/mol. The molecule has 0 spiro atoms. The quantitative estimate of drug-likeness (QED) is 0.826. The van der Waals surface area contributed by atoms with E-state index in [2.05, 4.69) is 10.3 Å². The lowest BCUT2D eigenvalue weighted by Gasteiger charge is -2.03. The predicted octanol–water partition coefficient (Wildman–Crippen LogP) is 1.51. The Labute approximate surface area is 93.3 Å². The first-order valence-electron chi connectivity index (χ1n) is 4.63. The second-order valence-corrected chi connectivity index (χ2v) is 3.06. The number of nitrogens with zero attached hydrogens (tertiary/aromatic N) is 1. The number of pyridine rings is 1. The van der Waals surface area contributed by atoms with Crippen LogP contribution in [0.1, 0.15) is 10.4 Å². The van der Waals surface area contributed by atoms with Crippen molar-refractivity contribution in [2.24, 2.45) is 0 Å². The first-order chi connectivity index (χ1) is 7.36. The molecule has 0 fully saturated rings. The van der Waals surface area contributed by atoms with Crippen molar-refractivity contribution in [3.8, 4) is 0 Å². The number of rotatable bonds is 2. The van der Waals surface area contributed by atoms with Crippen LogP contribution in [-0.4, -0.2) is 16.4 Å². The highest BCUT2D eigenvalue weighted by Gasteiger charge is 2.04. The van der Waals surface area contributed by atoms with E-state index in [4.69, 9.17) is 0 Å². The van der Waals surface area contributed by atoms with Crippen LogP contribution in [0.5, 0.6) is 0 Å². The second kappa shape index (κ2) is 5.63. The SMILES string of the molecule is O.O=C(Nc1ccccc1)c1cccnc1. The molecule has 4 nitrogen and oxygen atoms in total. The molecule has 1 heterocycles. The molecule has 0 aliphatic carbocycles. The van der Waals surface area contributed by atoms with Crippen molar-refractivity contribution in [2.45, 2.75) is 0 Å². The van der Waals surface area contributed by atoms with Gasteiger partial charge in [0.2, 0.25) is 0 Å². The average molecular weight is 216 g/mol. The summed E-state index contributed by atoms with van der Waals surface area (Å²) >= 11 is 0. The monoisotopic (exact) mass is 216 g/mol. The molecule has 1 aromatic heterocycles. The first-order valence-corrected chi connectivity index (χ1v) is 4.63. The van der Waals surface area contributed by atoms with Gasteiger partial charge >= 0.3 is 0 Å². The van der Waals surface area contributed by atoms with Crippen molar-refractivity contribution in [3.63, 3.8) is 0 Å². The van der Waals surface area contributed by atoms with Crippen molar-refractivity contribution in [2.75, 3.05) is 5.32 Å². The van der Waals surface area contributed by atoms with E-state index in [0.717, 1.165) is 5.69 Å². The van der Waals surface area contributed by atoms with E-state index in [1.165, 1.54) is 6.20 Å². The normalized spacial score (nSPS) is 9.00. The van der Waals surface area contributed by atoms with Gasteiger partial charge < -0.3 is 10.8 Å². The maximum absolute atomic E-state index is 11.7. The Morgan fingerprint density at radius 2 is 1.81 bits per heavy atom. The van der Waals surface area contributed by atoms with Crippen molar-refractivity contribution in [3.05, 3.63) is 60.4 Å². The lowest BCUT2D eigenvalue weighted by Crippen LogP contribution is -2.11. The molecule has 82 valence electrons. The third-order valence-electron chi connectivity index (χ3n) is 1.96. The third kappa shape index (κ3) is 2.90. The molecule has 3 N–H and O–H groups in total. The van der Waals surface area contributed by atoms with Crippen molar-refractivity contribution < 1.29 is 10.3 Å². The zero-order chi connectivity index (χ0) is 10.5. The average Bonchev–Trinajstić information content (AvgIpc) is 2.31. The molecule has 1 amide bonds. The maximum Gasteiger partial charge on any atom is 0.257 e. The molecule has 0 atom stereocenters. The lowest BCUT2D eigenvalue weighted by molar-refractivity contribution is 0.102. The number of benzene rings is 1. The van der Waals surface area contributed by atoms with E-state index in [1.807, 2.05) is 30.3 Å². The van der Waals surface area contributed by atoms with Gasteiger partial charge in [0, 0.05) is 18.1 Å². The zero-order valence-electron chi connectivity index (χ0n) is 8.55. The minimum Gasteiger partial charge on any atom is -0.412 e. The largest absolute Gasteiger partial charge is 0.412 e. The van der Waals surface area contributed by atoms with E-state index >= 15 is 0 Å². The summed E-state index contributed by atoms with van der Waals surface area (Å²) < 4.78 is 0. The number of para-hydroxylation sites is 1. The molecule has 0 saturated heterocycles. The highest BCUT2D eigenvalue weighted by molar-refractivity contribution is 6.03. The molecule has 16 heavy (non-hydrogen) atoms. The molecule has 2 aromatic rings. The highest BCUT2D eigenvalue weighted by atomic mass is 16.1. The van der Waals surface area contributed by atoms with Gasteiger partial charge in [0.05, 0.1) is 5.56 Å². The number of anilines is 1. The number of aromatic nitrogens is 1. The molecule has 0 unspecified atom stereocenters. The molecule has 4 heteroatoms. The van der Waals surface area contributed by atoms with Crippen LogP contribution in [0, 0.1) is 0 Å². The molecule has 1 aromatic carbocycles. The summed E-state index contributed by atoms with van der Waals surface area (Å²) in [5.41, 5.74) is 1.34. The van der Waals surface area contributed by atoms with Crippen LogP contribution in [0.25, 0.3) is 0 Å². The molecule has 0 aliphatic heterocycles. The Morgan fingerprint density at radius 1 is 1.06 bits per heavy atom. The smallest absolute Gasteiger partial charge is 0.257 e. The zero-order valence-corrected chi connectivity index (χ0v) is 8.55. The Hall–Kier alpha value is -2.20. The third-order valence-corrected chi connectivity index (χ3v) is 1.96. The summed E-state index contributed by atoms with van der Waals surface area (Å²) in [7, 11) is 0. The minimum atomic E-state index is -0.144. The summed E-state index contributed by atoms with van der Waals surface area (Å²) in [4.78, 5) is 15.5. The number of amides is 1. The van der Waals surface area contributed by atoms with Gasteiger partial charge in [-0.2, -0.15) is 0 Å². The highest BCUT2D eigenvalue weighted by Crippen LogP contribution is 2.07. The van der Waals surface area contributed by atoms with Crippen molar-refractivity contribution in [1.82, 2.24) is 4.98 Å². The molecule has 2 rings (SSSR count). The lowest BCUT2D eigenvalue weighted by atomic mass is 10.2. The Balaban J connectivity index is 0.00000128. The number of hydrogen-bond acceptors (Lipinski definition) is 2. The molecule has 0 bridgehead atoms. The van der Waals surface area contributed by atoms with Gasteiger partial charge in [-0.15, -0.1) is 0 Å². The van der Waals surface area contributed by atoms with Crippen molar-refractivity contribution >= 4 is 11.6 Å². The fraction of sp³-hybridized carbons (Fsp3) is 0. The van der Waals surface area contributed by atoms with Gasteiger partial charge in [0.25, 0.3) is 5.91 Å². The van der Waals surface area contributed by atoms with Gasteiger partial charge in [0.15, 0.2) is 0 Å². The molecular formula is C12H12N2O2. The van der Waals surface area contributed by atoms with E-state index in [1.54, 1.807) is 18.3 Å². The topological polar surface area (TPSA) is 73.5 Å². The van der Waals surface area contributed by atoms with Gasteiger partial charge in [0.1, 0.15) is 0 Å². The fourth-order valence-corrected chi connectivity index (χ4v) is 1.22. The van der Waals surface area contributed by atoms with Crippen LogP contribution in [0.4, 0.5) is 5.69 Å². The van der Waals surface area contributed by atoms with E-state index in [-0.39, 0.29) is 11.4 Å². The molecule has 0 radical (unpaired) electrons. The second-order valence-electron chi connectivity index (χ2n) is 3.06. The van der Waals surface area contributed by atoms with E-state index < -0.39 is 0 Å². The number of carbonyl (C=O) groups is 1. The summed E-state index contributed by atoms with van der Waals surface area (Å²) in [6.45, 7) is 0. The number of hydrogen-bond donors (Lipinski definition) is 1. The van der Waals surface area contributed by atoms with Crippen LogP contribution in [0.15, 0.2) is 54.9 Å². The van der Waals surface area contributed by atoms with Crippen LogP contribution < -0.4 is 5.32 Å². The van der Waals surface area contributed by atoms with E-state index in [9.17, 15) is 4.79 Å². The fourth-order valence-electron chi connectivity index (χ4n) is 1.22. The van der Waals surface area contributed by atoms with Gasteiger partial charge in [-0.05, 0) is 24.3 Å².